The van der Waals surface area contributed by atoms with Crippen molar-refractivity contribution in [1.82, 2.24) is 0 Å². The zero-order chi connectivity index (χ0) is 12.3. The number of aliphatic hydroxyl groups is 1. The molecule has 0 amide bonds. The Labute approximate surface area is 99.9 Å². The Morgan fingerprint density at radius 3 is 2.71 bits per heavy atom. The minimum atomic E-state index is -0.348. The Morgan fingerprint density at radius 2 is 2.12 bits per heavy atom. The number of halogens is 1. The number of rotatable bonds is 3. The maximum absolute atomic E-state index is 14.0. The molecule has 1 fully saturated rings. The van der Waals surface area contributed by atoms with Gasteiger partial charge in [0.15, 0.2) is 5.82 Å². The average molecular weight is 237 g/mol. The second-order valence-corrected chi connectivity index (χ2v) is 4.37. The number of nitrogens with zero attached hydrogens (tertiary/aromatic N) is 1. The van der Waals surface area contributed by atoms with Gasteiger partial charge in [0, 0.05) is 24.6 Å². The fraction of sp³-hybridized carbons (Fsp3) is 0.462. The van der Waals surface area contributed by atoms with Crippen LogP contribution in [0.1, 0.15) is 18.4 Å². The summed E-state index contributed by atoms with van der Waals surface area (Å²) in [4.78, 5) is 12.6. The van der Waals surface area contributed by atoms with Gasteiger partial charge in [-0.3, -0.25) is 0 Å². The molecule has 0 radical (unpaired) electrons. The van der Waals surface area contributed by atoms with E-state index in [1.54, 1.807) is 18.2 Å². The normalized spacial score (nSPS) is 17.2. The van der Waals surface area contributed by atoms with E-state index in [-0.39, 0.29) is 18.3 Å². The number of carbonyl (C=O) groups excluding carboxylic acids is 1. The molecule has 3 nitrogen and oxygen atoms in total. The first-order valence-corrected chi connectivity index (χ1v) is 5.84. The first-order chi connectivity index (χ1) is 8.26. The summed E-state index contributed by atoms with van der Waals surface area (Å²) in [5.74, 6) is -0.241. The topological polar surface area (TPSA) is 40.5 Å². The second kappa shape index (κ2) is 5.27. The molecule has 0 atom stereocenters. The number of hydrogen-bond acceptors (Lipinski definition) is 3. The largest absolute Gasteiger partial charge is 0.392 e. The van der Waals surface area contributed by atoms with Gasteiger partial charge in [0.1, 0.15) is 6.29 Å². The number of aliphatic hydroxyl groups excluding tert-OH is 1. The van der Waals surface area contributed by atoms with E-state index >= 15 is 0 Å². The first-order valence-electron chi connectivity index (χ1n) is 5.84. The molecule has 1 aromatic carbocycles. The minimum Gasteiger partial charge on any atom is -0.392 e. The molecule has 1 saturated heterocycles. The van der Waals surface area contributed by atoms with Gasteiger partial charge in [0.25, 0.3) is 0 Å². The molecule has 1 aliphatic heterocycles. The van der Waals surface area contributed by atoms with E-state index in [2.05, 4.69) is 0 Å². The van der Waals surface area contributed by atoms with Gasteiger partial charge in [-0.2, -0.15) is 0 Å². The molecule has 0 aromatic heterocycles. The highest BCUT2D eigenvalue weighted by atomic mass is 19.1. The molecule has 2 rings (SSSR count). The number of anilines is 1. The van der Waals surface area contributed by atoms with Gasteiger partial charge in [-0.25, -0.2) is 4.39 Å². The van der Waals surface area contributed by atoms with Crippen molar-refractivity contribution in [2.75, 3.05) is 18.0 Å². The van der Waals surface area contributed by atoms with E-state index in [0.29, 0.717) is 24.3 Å². The molecule has 1 aromatic rings. The predicted octanol–water partition coefficient (Wildman–Crippen LogP) is 1.73. The summed E-state index contributed by atoms with van der Waals surface area (Å²) in [6.07, 6.45) is 2.52. The van der Waals surface area contributed by atoms with Crippen molar-refractivity contribution in [3.63, 3.8) is 0 Å². The SMILES string of the molecule is O=CC1CCN(c2cccc(CO)c2F)CC1. The van der Waals surface area contributed by atoms with E-state index in [9.17, 15) is 9.18 Å². The summed E-state index contributed by atoms with van der Waals surface area (Å²) < 4.78 is 14.0. The lowest BCUT2D eigenvalue weighted by Gasteiger charge is -2.32. The number of carbonyl (C=O) groups is 1. The van der Waals surface area contributed by atoms with Gasteiger partial charge in [0.05, 0.1) is 12.3 Å². The third-order valence-electron chi connectivity index (χ3n) is 3.30. The number of aldehydes is 1. The summed E-state index contributed by atoms with van der Waals surface area (Å²) >= 11 is 0. The lowest BCUT2D eigenvalue weighted by Crippen LogP contribution is -2.34. The maximum atomic E-state index is 14.0. The quantitative estimate of drug-likeness (QED) is 0.814. The highest BCUT2D eigenvalue weighted by Crippen LogP contribution is 2.26. The van der Waals surface area contributed by atoms with E-state index in [4.69, 9.17) is 5.11 Å². The molecule has 0 unspecified atom stereocenters. The lowest BCUT2D eigenvalue weighted by atomic mass is 9.98. The molecule has 1 aliphatic rings. The zero-order valence-corrected chi connectivity index (χ0v) is 9.60. The van der Waals surface area contributed by atoms with Crippen molar-refractivity contribution < 1.29 is 14.3 Å². The van der Waals surface area contributed by atoms with Gasteiger partial charge in [-0.05, 0) is 18.9 Å². The highest BCUT2D eigenvalue weighted by molar-refractivity contribution is 5.56. The van der Waals surface area contributed by atoms with E-state index in [0.717, 1.165) is 19.1 Å². The van der Waals surface area contributed by atoms with Gasteiger partial charge < -0.3 is 14.8 Å². The van der Waals surface area contributed by atoms with Crippen LogP contribution in [0.4, 0.5) is 10.1 Å². The minimum absolute atomic E-state index is 0.107. The summed E-state index contributed by atoms with van der Waals surface area (Å²) in [6, 6.07) is 5.04. The van der Waals surface area contributed by atoms with Crippen LogP contribution in [0.5, 0.6) is 0 Å². The average Bonchev–Trinajstić information content (AvgIpc) is 2.39. The molecular formula is C13H16FNO2. The highest BCUT2D eigenvalue weighted by Gasteiger charge is 2.21. The lowest BCUT2D eigenvalue weighted by molar-refractivity contribution is -0.111. The van der Waals surface area contributed by atoms with Crippen molar-refractivity contribution in [3.8, 4) is 0 Å². The molecule has 1 heterocycles. The van der Waals surface area contributed by atoms with Crippen LogP contribution in [0.15, 0.2) is 18.2 Å². The standard InChI is InChI=1S/C13H16FNO2/c14-13-11(9-17)2-1-3-12(13)15-6-4-10(8-16)5-7-15/h1-3,8,10,17H,4-7,9H2. The molecule has 92 valence electrons. The fourth-order valence-electron chi connectivity index (χ4n) is 2.21. The second-order valence-electron chi connectivity index (χ2n) is 4.37. The summed E-state index contributed by atoms with van der Waals surface area (Å²) in [5.41, 5.74) is 0.848. The molecule has 0 spiro atoms. The van der Waals surface area contributed by atoms with E-state index in [1.165, 1.54) is 0 Å². The van der Waals surface area contributed by atoms with Crippen LogP contribution >= 0.6 is 0 Å². The van der Waals surface area contributed by atoms with Crippen LogP contribution < -0.4 is 4.90 Å². The van der Waals surface area contributed by atoms with Crippen LogP contribution in [-0.2, 0) is 11.4 Å². The van der Waals surface area contributed by atoms with Gasteiger partial charge in [-0.15, -0.1) is 0 Å². The van der Waals surface area contributed by atoms with Crippen LogP contribution in [0.2, 0.25) is 0 Å². The predicted molar refractivity (Wildman–Crippen MR) is 63.3 cm³/mol. The van der Waals surface area contributed by atoms with Crippen LogP contribution in [0, 0.1) is 11.7 Å². The van der Waals surface area contributed by atoms with Gasteiger partial charge in [0.2, 0.25) is 0 Å². The molecule has 0 saturated carbocycles. The van der Waals surface area contributed by atoms with Crippen LogP contribution in [-0.4, -0.2) is 24.5 Å². The number of benzene rings is 1. The zero-order valence-electron chi connectivity index (χ0n) is 9.60. The molecule has 1 N–H and O–H groups in total. The number of piperidine rings is 1. The van der Waals surface area contributed by atoms with Crippen LogP contribution in [0.25, 0.3) is 0 Å². The molecule has 0 aliphatic carbocycles. The Hall–Kier alpha value is -1.42. The van der Waals surface area contributed by atoms with Gasteiger partial charge >= 0.3 is 0 Å². The van der Waals surface area contributed by atoms with Crippen molar-refractivity contribution in [3.05, 3.63) is 29.6 Å². The molecule has 0 bridgehead atoms. The molecule has 4 heteroatoms. The summed E-state index contributed by atoms with van der Waals surface area (Å²) in [7, 11) is 0. The third kappa shape index (κ3) is 2.47. The Kier molecular flexibility index (Phi) is 3.74. The Morgan fingerprint density at radius 1 is 1.41 bits per heavy atom. The van der Waals surface area contributed by atoms with E-state index in [1.807, 2.05) is 4.90 Å². The van der Waals surface area contributed by atoms with Crippen molar-refractivity contribution in [1.29, 1.82) is 0 Å². The number of hydrogen-bond donors (Lipinski definition) is 1. The summed E-state index contributed by atoms with van der Waals surface area (Å²) in [6.45, 7) is 1.09. The van der Waals surface area contributed by atoms with Crippen molar-refractivity contribution >= 4 is 12.0 Å². The maximum Gasteiger partial charge on any atom is 0.151 e. The molecular weight excluding hydrogens is 221 g/mol. The van der Waals surface area contributed by atoms with Crippen LogP contribution in [0.3, 0.4) is 0 Å². The smallest absolute Gasteiger partial charge is 0.151 e. The molecule has 17 heavy (non-hydrogen) atoms. The Balaban J connectivity index is 2.15. The van der Waals surface area contributed by atoms with Crippen molar-refractivity contribution in [2.24, 2.45) is 5.92 Å². The monoisotopic (exact) mass is 237 g/mol. The summed E-state index contributed by atoms with van der Waals surface area (Å²) in [5, 5.41) is 9.02. The van der Waals surface area contributed by atoms with Crippen molar-refractivity contribution in [2.45, 2.75) is 19.4 Å². The van der Waals surface area contributed by atoms with Gasteiger partial charge in [-0.1, -0.05) is 12.1 Å². The first kappa shape index (κ1) is 12.0. The Bertz CT molecular complexity index is 400. The third-order valence-corrected chi connectivity index (χ3v) is 3.30. The van der Waals surface area contributed by atoms with E-state index < -0.39 is 0 Å². The fourth-order valence-corrected chi connectivity index (χ4v) is 2.21.